The molecule has 0 heterocycles. The first-order chi connectivity index (χ1) is 9.93. The van der Waals surface area contributed by atoms with Crippen molar-refractivity contribution >= 4 is 10.0 Å². The van der Waals surface area contributed by atoms with E-state index in [2.05, 4.69) is 0 Å². The number of rotatable bonds is 5. The minimum absolute atomic E-state index is 0.340. The van der Waals surface area contributed by atoms with Crippen molar-refractivity contribution in [3.05, 3.63) is 71.5 Å². The van der Waals surface area contributed by atoms with Crippen molar-refractivity contribution in [1.29, 1.82) is 0 Å². The van der Waals surface area contributed by atoms with E-state index >= 15 is 0 Å². The van der Waals surface area contributed by atoms with E-state index in [1.165, 1.54) is 22.7 Å². The molecule has 0 N–H and O–H groups in total. The molecule has 0 aliphatic carbocycles. The monoisotopic (exact) mass is 307 g/mol. The molecule has 0 aliphatic heterocycles. The third kappa shape index (κ3) is 3.68. The van der Waals surface area contributed by atoms with Crippen LogP contribution in [0.25, 0.3) is 0 Å². The highest BCUT2D eigenvalue weighted by Crippen LogP contribution is 2.30. The third-order valence-corrected chi connectivity index (χ3v) is 4.65. The lowest BCUT2D eigenvalue weighted by molar-refractivity contribution is 0.378. The smallest absolute Gasteiger partial charge is 0.212 e. The third-order valence-electron chi connectivity index (χ3n) is 3.33. The second-order valence-corrected chi connectivity index (χ2v) is 6.77. The standard InChI is InChI=1S/C16H18FNO2S/c1-3-18(21(2,19)20)16(13-7-5-4-6-8-13)14-9-11-15(17)12-10-14/h4-12,16H,3H2,1-2H3. The highest BCUT2D eigenvalue weighted by atomic mass is 32.2. The number of sulfonamides is 1. The van der Waals surface area contributed by atoms with Gasteiger partial charge in [-0.2, -0.15) is 4.31 Å². The number of benzene rings is 2. The summed E-state index contributed by atoms with van der Waals surface area (Å²) in [5.74, 6) is -0.340. The van der Waals surface area contributed by atoms with Gasteiger partial charge in [-0.3, -0.25) is 0 Å². The van der Waals surface area contributed by atoms with E-state index in [9.17, 15) is 12.8 Å². The maximum Gasteiger partial charge on any atom is 0.212 e. The molecule has 0 fully saturated rings. The number of hydrogen-bond donors (Lipinski definition) is 0. The molecule has 1 unspecified atom stereocenters. The van der Waals surface area contributed by atoms with Crippen LogP contribution < -0.4 is 0 Å². The number of hydrogen-bond acceptors (Lipinski definition) is 2. The van der Waals surface area contributed by atoms with Crippen LogP contribution in [0.4, 0.5) is 4.39 Å². The Kier molecular flexibility index (Phi) is 4.75. The molecule has 21 heavy (non-hydrogen) atoms. The summed E-state index contributed by atoms with van der Waals surface area (Å²) in [7, 11) is -3.38. The van der Waals surface area contributed by atoms with Gasteiger partial charge in [0.2, 0.25) is 10.0 Å². The molecular formula is C16H18FNO2S. The normalized spacial score (nSPS) is 13.3. The van der Waals surface area contributed by atoms with E-state index in [0.717, 1.165) is 11.1 Å². The van der Waals surface area contributed by atoms with Crippen LogP contribution >= 0.6 is 0 Å². The van der Waals surface area contributed by atoms with Crippen LogP contribution in [0.5, 0.6) is 0 Å². The second-order valence-electron chi connectivity index (χ2n) is 4.83. The molecular weight excluding hydrogens is 289 g/mol. The van der Waals surface area contributed by atoms with E-state index in [0.29, 0.717) is 6.54 Å². The minimum atomic E-state index is -3.38. The molecule has 0 saturated carbocycles. The Balaban J connectivity index is 2.57. The highest BCUT2D eigenvalue weighted by Gasteiger charge is 2.27. The van der Waals surface area contributed by atoms with E-state index in [1.807, 2.05) is 30.3 Å². The van der Waals surface area contributed by atoms with Gasteiger partial charge in [-0.15, -0.1) is 0 Å². The Morgan fingerprint density at radius 2 is 1.52 bits per heavy atom. The first kappa shape index (κ1) is 15.7. The van der Waals surface area contributed by atoms with Crippen LogP contribution in [-0.2, 0) is 10.0 Å². The average molecular weight is 307 g/mol. The maximum atomic E-state index is 13.1. The summed E-state index contributed by atoms with van der Waals surface area (Å²) in [6.07, 6.45) is 1.19. The van der Waals surface area contributed by atoms with Gasteiger partial charge in [-0.05, 0) is 23.3 Å². The summed E-state index contributed by atoms with van der Waals surface area (Å²) in [5, 5.41) is 0. The van der Waals surface area contributed by atoms with Gasteiger partial charge < -0.3 is 0 Å². The zero-order valence-electron chi connectivity index (χ0n) is 12.0. The van der Waals surface area contributed by atoms with Gasteiger partial charge >= 0.3 is 0 Å². The molecule has 5 heteroatoms. The summed E-state index contributed by atoms with van der Waals surface area (Å²) < 4.78 is 38.7. The molecule has 2 rings (SSSR count). The van der Waals surface area contributed by atoms with Crippen molar-refractivity contribution in [2.75, 3.05) is 12.8 Å². The van der Waals surface area contributed by atoms with Crippen LogP contribution in [0.15, 0.2) is 54.6 Å². The van der Waals surface area contributed by atoms with Gasteiger partial charge in [0.05, 0.1) is 12.3 Å². The maximum absolute atomic E-state index is 13.1. The fourth-order valence-electron chi connectivity index (χ4n) is 2.41. The molecule has 0 saturated heterocycles. The molecule has 0 aliphatic rings. The molecule has 2 aromatic carbocycles. The Hall–Kier alpha value is -1.72. The SMILES string of the molecule is CCN(C(c1ccccc1)c1ccc(F)cc1)S(C)(=O)=O. The van der Waals surface area contributed by atoms with Crippen molar-refractivity contribution in [3.63, 3.8) is 0 Å². The summed E-state index contributed by atoms with van der Waals surface area (Å²) in [6, 6.07) is 14.9. The summed E-state index contributed by atoms with van der Waals surface area (Å²) >= 11 is 0. The molecule has 112 valence electrons. The lowest BCUT2D eigenvalue weighted by Crippen LogP contribution is -2.34. The lowest BCUT2D eigenvalue weighted by Gasteiger charge is -2.29. The molecule has 0 amide bonds. The van der Waals surface area contributed by atoms with Crippen molar-refractivity contribution in [2.24, 2.45) is 0 Å². The van der Waals surface area contributed by atoms with Gasteiger partial charge in [0, 0.05) is 6.54 Å². The summed E-state index contributed by atoms with van der Waals surface area (Å²) in [5.41, 5.74) is 1.60. The fourth-order valence-corrected chi connectivity index (χ4v) is 3.51. The molecule has 0 aromatic heterocycles. The zero-order chi connectivity index (χ0) is 15.5. The van der Waals surface area contributed by atoms with Crippen LogP contribution in [0.2, 0.25) is 0 Å². The topological polar surface area (TPSA) is 37.4 Å². The Bertz CT molecular complexity index is 684. The van der Waals surface area contributed by atoms with E-state index < -0.39 is 16.1 Å². The van der Waals surface area contributed by atoms with Gasteiger partial charge in [-0.1, -0.05) is 49.4 Å². The van der Waals surface area contributed by atoms with Gasteiger partial charge in [-0.25, -0.2) is 12.8 Å². The molecule has 0 radical (unpaired) electrons. The Morgan fingerprint density at radius 1 is 1.00 bits per heavy atom. The molecule has 0 spiro atoms. The zero-order valence-corrected chi connectivity index (χ0v) is 12.8. The van der Waals surface area contributed by atoms with Crippen LogP contribution in [0.1, 0.15) is 24.1 Å². The minimum Gasteiger partial charge on any atom is -0.212 e. The predicted octanol–water partition coefficient (Wildman–Crippen LogP) is 3.20. The Labute approximate surface area is 125 Å². The number of nitrogens with zero attached hydrogens (tertiary/aromatic N) is 1. The molecule has 3 nitrogen and oxygen atoms in total. The average Bonchev–Trinajstić information content (AvgIpc) is 2.45. The Morgan fingerprint density at radius 3 is 2.00 bits per heavy atom. The van der Waals surface area contributed by atoms with Crippen molar-refractivity contribution < 1.29 is 12.8 Å². The first-order valence-corrected chi connectivity index (χ1v) is 8.55. The summed E-state index contributed by atoms with van der Waals surface area (Å²) in [6.45, 7) is 2.14. The van der Waals surface area contributed by atoms with E-state index in [-0.39, 0.29) is 5.82 Å². The van der Waals surface area contributed by atoms with Crippen LogP contribution in [0.3, 0.4) is 0 Å². The van der Waals surface area contributed by atoms with Crippen molar-refractivity contribution in [3.8, 4) is 0 Å². The van der Waals surface area contributed by atoms with E-state index in [1.54, 1.807) is 19.1 Å². The van der Waals surface area contributed by atoms with Gasteiger partial charge in [0.1, 0.15) is 5.82 Å². The number of halogens is 1. The fraction of sp³-hybridized carbons (Fsp3) is 0.250. The highest BCUT2D eigenvalue weighted by molar-refractivity contribution is 7.88. The summed E-state index contributed by atoms with van der Waals surface area (Å²) in [4.78, 5) is 0. The lowest BCUT2D eigenvalue weighted by atomic mass is 9.98. The van der Waals surface area contributed by atoms with E-state index in [4.69, 9.17) is 0 Å². The van der Waals surface area contributed by atoms with Crippen LogP contribution in [0, 0.1) is 5.82 Å². The van der Waals surface area contributed by atoms with Gasteiger partial charge in [0.25, 0.3) is 0 Å². The molecule has 0 bridgehead atoms. The molecule has 1 atom stereocenters. The second kappa shape index (κ2) is 6.37. The van der Waals surface area contributed by atoms with Crippen LogP contribution in [-0.4, -0.2) is 25.5 Å². The first-order valence-electron chi connectivity index (χ1n) is 6.70. The predicted molar refractivity (Wildman–Crippen MR) is 81.9 cm³/mol. The van der Waals surface area contributed by atoms with Gasteiger partial charge in [0.15, 0.2) is 0 Å². The molecule has 2 aromatic rings. The van der Waals surface area contributed by atoms with Crippen molar-refractivity contribution in [2.45, 2.75) is 13.0 Å². The largest absolute Gasteiger partial charge is 0.212 e. The van der Waals surface area contributed by atoms with Crippen molar-refractivity contribution in [1.82, 2.24) is 4.31 Å². The quantitative estimate of drug-likeness (QED) is 0.850.